The van der Waals surface area contributed by atoms with Gasteiger partial charge in [0.25, 0.3) is 0 Å². The Kier molecular flexibility index (Phi) is 8.33. The van der Waals surface area contributed by atoms with E-state index in [1.54, 1.807) is 28.4 Å². The molecule has 25 heavy (non-hydrogen) atoms. The lowest BCUT2D eigenvalue weighted by Crippen LogP contribution is -2.37. The van der Waals surface area contributed by atoms with Crippen LogP contribution >= 0.6 is 0 Å². The van der Waals surface area contributed by atoms with Crippen molar-refractivity contribution in [1.29, 1.82) is 0 Å². The fourth-order valence-corrected chi connectivity index (χ4v) is 2.85. The Bertz CT molecular complexity index is 664. The lowest BCUT2D eigenvalue weighted by atomic mass is 10.2. The van der Waals surface area contributed by atoms with Crippen LogP contribution in [0, 0.1) is 0 Å². The minimum absolute atomic E-state index is 0.143. The second-order valence-electron chi connectivity index (χ2n) is 5.37. The van der Waals surface area contributed by atoms with E-state index in [0.717, 1.165) is 5.56 Å². The number of sulfone groups is 1. The van der Waals surface area contributed by atoms with Crippen molar-refractivity contribution < 1.29 is 22.6 Å². The minimum atomic E-state index is -2.95. The molecule has 2 N–H and O–H groups in total. The van der Waals surface area contributed by atoms with E-state index in [9.17, 15) is 8.42 Å². The van der Waals surface area contributed by atoms with Gasteiger partial charge in [0.2, 0.25) is 5.75 Å². The first-order valence-corrected chi connectivity index (χ1v) is 9.81. The Hall–Kier alpha value is -2.16. The van der Waals surface area contributed by atoms with Gasteiger partial charge in [-0.3, -0.25) is 4.99 Å². The highest BCUT2D eigenvalue weighted by Gasteiger charge is 2.13. The zero-order valence-corrected chi connectivity index (χ0v) is 16.2. The number of hydrogen-bond acceptors (Lipinski definition) is 6. The van der Waals surface area contributed by atoms with Crippen LogP contribution in [0.2, 0.25) is 0 Å². The van der Waals surface area contributed by atoms with E-state index in [1.165, 1.54) is 6.26 Å². The summed E-state index contributed by atoms with van der Waals surface area (Å²) in [6.45, 7) is 1.00. The molecule has 8 nitrogen and oxygen atoms in total. The fraction of sp³-hybridized carbons (Fsp3) is 0.562. The molecule has 0 saturated heterocycles. The Morgan fingerprint density at radius 2 is 1.68 bits per heavy atom. The van der Waals surface area contributed by atoms with Crippen molar-refractivity contribution in [3.63, 3.8) is 0 Å². The molecule has 0 radical (unpaired) electrons. The van der Waals surface area contributed by atoms with E-state index in [-0.39, 0.29) is 5.75 Å². The predicted octanol–water partition coefficient (Wildman–Crippen LogP) is 0.812. The maximum absolute atomic E-state index is 11.1. The quantitative estimate of drug-likeness (QED) is 0.375. The van der Waals surface area contributed by atoms with Crippen LogP contribution in [0.3, 0.4) is 0 Å². The molecule has 0 unspecified atom stereocenters. The van der Waals surface area contributed by atoms with E-state index in [4.69, 9.17) is 14.2 Å². The summed E-state index contributed by atoms with van der Waals surface area (Å²) in [6.07, 6.45) is 1.74. The van der Waals surface area contributed by atoms with Crippen LogP contribution in [0.15, 0.2) is 17.1 Å². The first-order valence-electron chi connectivity index (χ1n) is 7.75. The molecular weight excluding hydrogens is 346 g/mol. The zero-order chi connectivity index (χ0) is 18.9. The molecule has 0 bridgehead atoms. The molecular formula is C16H27N3O5S. The monoisotopic (exact) mass is 373 g/mol. The van der Waals surface area contributed by atoms with Gasteiger partial charge < -0.3 is 24.8 Å². The first kappa shape index (κ1) is 20.9. The van der Waals surface area contributed by atoms with Crippen molar-refractivity contribution in [3.8, 4) is 17.2 Å². The summed E-state index contributed by atoms with van der Waals surface area (Å²) in [5.74, 6) is 2.42. The summed E-state index contributed by atoms with van der Waals surface area (Å²) in [6, 6.07) is 3.70. The lowest BCUT2D eigenvalue weighted by molar-refractivity contribution is 0.323. The number of ether oxygens (including phenoxy) is 3. The highest BCUT2D eigenvalue weighted by Crippen LogP contribution is 2.38. The molecule has 0 aromatic heterocycles. The number of nitrogens with one attached hydrogen (secondary N) is 2. The molecule has 0 aliphatic carbocycles. The predicted molar refractivity (Wildman–Crippen MR) is 98.6 cm³/mol. The van der Waals surface area contributed by atoms with Gasteiger partial charge in [-0.2, -0.15) is 0 Å². The highest BCUT2D eigenvalue weighted by atomic mass is 32.2. The summed E-state index contributed by atoms with van der Waals surface area (Å²) in [5, 5.41) is 6.24. The highest BCUT2D eigenvalue weighted by molar-refractivity contribution is 7.90. The van der Waals surface area contributed by atoms with Gasteiger partial charge in [-0.15, -0.1) is 0 Å². The SMILES string of the molecule is CN=C(NCCCS(C)(=O)=O)NCc1cc(OC)c(OC)c(OC)c1. The number of guanidine groups is 1. The molecule has 0 amide bonds. The van der Waals surface area contributed by atoms with E-state index >= 15 is 0 Å². The number of benzene rings is 1. The summed E-state index contributed by atoms with van der Waals surface area (Å²) in [7, 11) is 3.40. The zero-order valence-electron chi connectivity index (χ0n) is 15.4. The van der Waals surface area contributed by atoms with Crippen LogP contribution in [0.1, 0.15) is 12.0 Å². The molecule has 0 heterocycles. The second-order valence-corrected chi connectivity index (χ2v) is 7.63. The lowest BCUT2D eigenvalue weighted by Gasteiger charge is -2.16. The molecule has 0 atom stereocenters. The van der Waals surface area contributed by atoms with Crippen LogP contribution in [-0.2, 0) is 16.4 Å². The number of aliphatic imine (C=N–C) groups is 1. The second kappa shape index (κ2) is 9.97. The van der Waals surface area contributed by atoms with Crippen LogP contribution < -0.4 is 24.8 Å². The normalized spacial score (nSPS) is 11.8. The molecule has 1 rings (SSSR count). The molecule has 1 aromatic rings. The Labute approximate surface area is 149 Å². The average Bonchev–Trinajstić information content (AvgIpc) is 2.59. The third-order valence-corrected chi connectivity index (χ3v) is 4.42. The van der Waals surface area contributed by atoms with Gasteiger partial charge in [0.1, 0.15) is 9.84 Å². The summed E-state index contributed by atoms with van der Waals surface area (Å²) in [4.78, 5) is 4.11. The van der Waals surface area contributed by atoms with Crippen LogP contribution in [0.5, 0.6) is 17.2 Å². The minimum Gasteiger partial charge on any atom is -0.493 e. The van der Waals surface area contributed by atoms with Gasteiger partial charge in [-0.25, -0.2) is 8.42 Å². The molecule has 0 fully saturated rings. The summed E-state index contributed by atoms with van der Waals surface area (Å²) < 4.78 is 38.2. The standard InChI is InChI=1S/C16H27N3O5S/c1-17-16(18-7-6-8-25(5,20)21)19-11-12-9-13(22-2)15(24-4)14(10-12)23-3/h9-10H,6-8,11H2,1-5H3,(H2,17,18,19). The molecule has 0 aliphatic rings. The van der Waals surface area contributed by atoms with Crippen LogP contribution in [0.4, 0.5) is 0 Å². The first-order chi connectivity index (χ1) is 11.8. The van der Waals surface area contributed by atoms with Gasteiger partial charge in [0.05, 0.1) is 27.1 Å². The molecule has 0 saturated carbocycles. The van der Waals surface area contributed by atoms with Crippen LogP contribution in [-0.4, -0.2) is 61.3 Å². The Morgan fingerprint density at radius 1 is 1.08 bits per heavy atom. The molecule has 142 valence electrons. The maximum atomic E-state index is 11.1. The molecule has 1 aromatic carbocycles. The van der Waals surface area contributed by atoms with Gasteiger partial charge >= 0.3 is 0 Å². The average molecular weight is 373 g/mol. The van der Waals surface area contributed by atoms with Crippen molar-refractivity contribution in [3.05, 3.63) is 17.7 Å². The van der Waals surface area contributed by atoms with E-state index < -0.39 is 9.84 Å². The summed E-state index contributed by atoms with van der Waals surface area (Å²) in [5.41, 5.74) is 0.925. The molecule has 0 spiro atoms. The third-order valence-electron chi connectivity index (χ3n) is 3.39. The molecule has 0 aliphatic heterocycles. The van der Waals surface area contributed by atoms with Crippen molar-refractivity contribution >= 4 is 15.8 Å². The van der Waals surface area contributed by atoms with Crippen LogP contribution in [0.25, 0.3) is 0 Å². The summed E-state index contributed by atoms with van der Waals surface area (Å²) >= 11 is 0. The van der Waals surface area contributed by atoms with E-state index in [0.29, 0.717) is 42.7 Å². The largest absolute Gasteiger partial charge is 0.493 e. The van der Waals surface area contributed by atoms with Crippen molar-refractivity contribution in [2.24, 2.45) is 4.99 Å². The van der Waals surface area contributed by atoms with Gasteiger partial charge in [-0.05, 0) is 24.1 Å². The maximum Gasteiger partial charge on any atom is 0.203 e. The van der Waals surface area contributed by atoms with Gasteiger partial charge in [-0.1, -0.05) is 0 Å². The van der Waals surface area contributed by atoms with Gasteiger partial charge in [0.15, 0.2) is 17.5 Å². The Balaban J connectivity index is 2.66. The smallest absolute Gasteiger partial charge is 0.203 e. The topological polar surface area (TPSA) is 98.3 Å². The number of methoxy groups -OCH3 is 3. The van der Waals surface area contributed by atoms with Gasteiger partial charge in [0, 0.05) is 26.4 Å². The van der Waals surface area contributed by atoms with Crippen molar-refractivity contribution in [2.75, 3.05) is 46.9 Å². The molecule has 9 heteroatoms. The number of nitrogens with zero attached hydrogens (tertiary/aromatic N) is 1. The van der Waals surface area contributed by atoms with Crippen molar-refractivity contribution in [2.45, 2.75) is 13.0 Å². The third kappa shape index (κ3) is 7.08. The van der Waals surface area contributed by atoms with E-state index in [1.807, 2.05) is 12.1 Å². The fourth-order valence-electron chi connectivity index (χ4n) is 2.18. The van der Waals surface area contributed by atoms with E-state index in [2.05, 4.69) is 15.6 Å². The number of rotatable bonds is 9. The number of hydrogen-bond donors (Lipinski definition) is 2. The van der Waals surface area contributed by atoms with Crippen molar-refractivity contribution in [1.82, 2.24) is 10.6 Å². The Morgan fingerprint density at radius 3 is 2.12 bits per heavy atom.